The average molecular weight is 605 g/mol. The molecule has 1 amide bonds. The number of rotatable bonds is 10. The zero-order valence-electron chi connectivity index (χ0n) is 19.5. The van der Waals surface area contributed by atoms with Crippen LogP contribution in [-0.4, -0.2) is 35.7 Å². The van der Waals surface area contributed by atoms with Gasteiger partial charge in [-0.3, -0.25) is 14.9 Å². The normalized spacial score (nSPS) is 10.8. The Morgan fingerprint density at radius 1 is 1.35 bits per heavy atom. The Morgan fingerprint density at radius 2 is 2.08 bits per heavy atom. The van der Waals surface area contributed by atoms with E-state index in [1.54, 1.807) is 43.3 Å². The molecule has 1 aromatic heterocycles. The van der Waals surface area contributed by atoms with Gasteiger partial charge in [0.05, 0.1) is 28.3 Å². The van der Waals surface area contributed by atoms with Gasteiger partial charge in [0, 0.05) is 38.7 Å². The molecule has 3 aromatic rings. The fourth-order valence-electron chi connectivity index (χ4n) is 3.03. The number of carbonyl (C=O) groups excluding carboxylic acids is 1. The van der Waals surface area contributed by atoms with E-state index in [0.29, 0.717) is 31.2 Å². The molecule has 0 fully saturated rings. The number of nitrogens with zero attached hydrogens (tertiary/aromatic N) is 4. The number of halogens is 2. The lowest BCUT2D eigenvalue weighted by Crippen LogP contribution is -2.25. The molecule has 37 heavy (non-hydrogen) atoms. The van der Waals surface area contributed by atoms with Crippen molar-refractivity contribution in [3.05, 3.63) is 84.5 Å². The third-order valence-corrected chi connectivity index (χ3v) is 7.11. The highest BCUT2D eigenvalue weighted by molar-refractivity contribution is 9.10. The number of methoxy groups -OCH3 is 1. The van der Waals surface area contributed by atoms with E-state index in [2.05, 4.69) is 31.4 Å². The molecule has 0 saturated carbocycles. The third-order valence-electron chi connectivity index (χ3n) is 4.73. The van der Waals surface area contributed by atoms with Gasteiger partial charge in [-0.1, -0.05) is 29.4 Å². The summed E-state index contributed by atoms with van der Waals surface area (Å²) < 4.78 is 11.2. The predicted molar refractivity (Wildman–Crippen MR) is 142 cm³/mol. The van der Waals surface area contributed by atoms with Crippen molar-refractivity contribution in [3.8, 4) is 11.9 Å². The monoisotopic (exact) mass is 603 g/mol. The lowest BCUT2D eigenvalue weighted by Gasteiger charge is -2.13. The van der Waals surface area contributed by atoms with Crippen molar-refractivity contribution in [2.24, 2.45) is 5.10 Å². The van der Waals surface area contributed by atoms with Crippen LogP contribution in [0.15, 0.2) is 61.8 Å². The summed E-state index contributed by atoms with van der Waals surface area (Å²) in [4.78, 5) is 28.8. The average Bonchev–Trinajstić information content (AvgIpc) is 2.87. The van der Waals surface area contributed by atoms with Crippen LogP contribution in [-0.2, 0) is 16.1 Å². The molecule has 3 rings (SSSR count). The van der Waals surface area contributed by atoms with E-state index in [1.807, 2.05) is 6.07 Å². The van der Waals surface area contributed by atoms with E-state index in [4.69, 9.17) is 21.1 Å². The molecule has 0 bridgehead atoms. The number of nitriles is 1. The van der Waals surface area contributed by atoms with Crippen LogP contribution < -0.4 is 10.2 Å². The Kier molecular flexibility index (Phi) is 9.99. The number of aromatic nitrogens is 1. The van der Waals surface area contributed by atoms with Crippen molar-refractivity contribution >= 4 is 57.1 Å². The molecule has 0 saturated heterocycles. The number of nitrogens with one attached hydrogen (secondary N) is 1. The summed E-state index contributed by atoms with van der Waals surface area (Å²) in [6, 6.07) is 13.6. The minimum atomic E-state index is -0.611. The van der Waals surface area contributed by atoms with Crippen LogP contribution in [0.1, 0.15) is 22.4 Å². The van der Waals surface area contributed by atoms with E-state index in [-0.39, 0.29) is 23.7 Å². The van der Waals surface area contributed by atoms with Crippen molar-refractivity contribution in [3.63, 3.8) is 0 Å². The SMILES string of the molecule is COCc1c(Br)c(C)nc(OCC(=O)NN=Cc2ccc(Sc3ccc(Cl)cc3)c([N+](=O)[O-])c2)c1C#N. The molecule has 13 heteroatoms. The third kappa shape index (κ3) is 7.50. The standard InChI is InChI=1S/C24H19BrClN5O5S/c1-14-23(25)19(12-35-2)18(10-27)24(29-14)36-13-22(32)30-28-11-15-3-8-21(20(9-15)31(33)34)37-17-6-4-16(26)5-7-17/h3-9,11H,12-13H2,1-2H3,(H,30,32). The van der Waals surface area contributed by atoms with E-state index < -0.39 is 17.4 Å². The molecule has 0 aliphatic carbocycles. The molecule has 190 valence electrons. The largest absolute Gasteiger partial charge is 0.467 e. The maximum atomic E-state index is 12.2. The molecule has 0 aliphatic heterocycles. The van der Waals surface area contributed by atoms with Gasteiger partial charge in [0.25, 0.3) is 11.6 Å². The number of hydrazone groups is 1. The number of pyridine rings is 1. The number of hydrogen-bond donors (Lipinski definition) is 1. The van der Waals surface area contributed by atoms with Gasteiger partial charge in [-0.05, 0) is 53.2 Å². The fourth-order valence-corrected chi connectivity index (χ4v) is 4.46. The van der Waals surface area contributed by atoms with Crippen LogP contribution in [0.4, 0.5) is 5.69 Å². The van der Waals surface area contributed by atoms with Crippen molar-refractivity contribution < 1.29 is 19.2 Å². The molecule has 10 nitrogen and oxygen atoms in total. The summed E-state index contributed by atoms with van der Waals surface area (Å²) in [5.74, 6) is -0.612. The summed E-state index contributed by atoms with van der Waals surface area (Å²) in [5.41, 5.74) is 3.87. The summed E-state index contributed by atoms with van der Waals surface area (Å²) in [7, 11) is 1.50. The first-order valence-electron chi connectivity index (χ1n) is 10.5. The molecule has 1 heterocycles. The van der Waals surface area contributed by atoms with Gasteiger partial charge in [0.15, 0.2) is 6.61 Å². The molecular weight excluding hydrogens is 586 g/mol. The van der Waals surface area contributed by atoms with Crippen molar-refractivity contribution in [2.45, 2.75) is 23.3 Å². The summed E-state index contributed by atoms with van der Waals surface area (Å²) >= 11 is 10.5. The number of nitro groups is 1. The number of hydrogen-bond acceptors (Lipinski definition) is 9. The van der Waals surface area contributed by atoms with Crippen LogP contribution in [0, 0.1) is 28.4 Å². The Hall–Kier alpha value is -3.50. The number of aryl methyl sites for hydroxylation is 1. The van der Waals surface area contributed by atoms with E-state index in [9.17, 15) is 20.2 Å². The highest BCUT2D eigenvalue weighted by Crippen LogP contribution is 2.35. The van der Waals surface area contributed by atoms with Crippen molar-refractivity contribution in [1.82, 2.24) is 10.4 Å². The molecule has 1 N–H and O–H groups in total. The van der Waals surface area contributed by atoms with Crippen LogP contribution in [0.3, 0.4) is 0 Å². The minimum Gasteiger partial charge on any atom is -0.467 e. The predicted octanol–water partition coefficient (Wildman–Crippen LogP) is 5.41. The maximum absolute atomic E-state index is 12.2. The maximum Gasteiger partial charge on any atom is 0.283 e. The lowest BCUT2D eigenvalue weighted by atomic mass is 10.1. The van der Waals surface area contributed by atoms with Crippen LogP contribution in [0.25, 0.3) is 0 Å². The quantitative estimate of drug-likeness (QED) is 0.184. The summed E-state index contributed by atoms with van der Waals surface area (Å²) in [6.45, 7) is 1.42. The van der Waals surface area contributed by atoms with Crippen LogP contribution in [0.2, 0.25) is 5.02 Å². The van der Waals surface area contributed by atoms with E-state index >= 15 is 0 Å². The Bertz CT molecular complexity index is 1400. The number of nitro benzene ring substituents is 1. The Balaban J connectivity index is 1.65. The summed E-state index contributed by atoms with van der Waals surface area (Å²) in [5, 5.41) is 25.5. The van der Waals surface area contributed by atoms with Gasteiger partial charge in [0.1, 0.15) is 11.6 Å². The fraction of sp³-hybridized carbons (Fsp3) is 0.167. The molecule has 0 atom stereocenters. The molecule has 0 unspecified atom stereocenters. The zero-order valence-corrected chi connectivity index (χ0v) is 22.7. The second-order valence-corrected chi connectivity index (χ2v) is 9.68. The van der Waals surface area contributed by atoms with Gasteiger partial charge in [-0.15, -0.1) is 0 Å². The van der Waals surface area contributed by atoms with E-state index in [1.165, 1.54) is 31.2 Å². The Morgan fingerprint density at radius 3 is 2.73 bits per heavy atom. The van der Waals surface area contributed by atoms with Gasteiger partial charge >= 0.3 is 0 Å². The number of carbonyl (C=O) groups is 1. The first kappa shape index (κ1) is 28.1. The second-order valence-electron chi connectivity index (χ2n) is 7.34. The second kappa shape index (κ2) is 13.2. The number of amides is 1. The van der Waals surface area contributed by atoms with Crippen LogP contribution in [0.5, 0.6) is 5.88 Å². The molecule has 0 radical (unpaired) electrons. The summed E-state index contributed by atoms with van der Waals surface area (Å²) in [6.07, 6.45) is 1.28. The first-order chi connectivity index (χ1) is 17.7. The smallest absolute Gasteiger partial charge is 0.283 e. The topological polar surface area (TPSA) is 140 Å². The van der Waals surface area contributed by atoms with Crippen LogP contribution >= 0.6 is 39.3 Å². The van der Waals surface area contributed by atoms with E-state index in [0.717, 1.165) is 4.90 Å². The molecule has 0 spiro atoms. The highest BCUT2D eigenvalue weighted by atomic mass is 79.9. The van der Waals surface area contributed by atoms with Crippen molar-refractivity contribution in [2.75, 3.05) is 13.7 Å². The van der Waals surface area contributed by atoms with Gasteiger partial charge in [-0.2, -0.15) is 10.4 Å². The first-order valence-corrected chi connectivity index (χ1v) is 12.5. The molecule has 2 aromatic carbocycles. The minimum absolute atomic E-state index is 0.00113. The molecular formula is C24H19BrClN5O5S. The highest BCUT2D eigenvalue weighted by Gasteiger charge is 2.19. The number of ether oxygens (including phenoxy) is 2. The number of benzene rings is 2. The molecule has 0 aliphatic rings. The zero-order chi connectivity index (χ0) is 26.9. The van der Waals surface area contributed by atoms with Gasteiger partial charge < -0.3 is 9.47 Å². The van der Waals surface area contributed by atoms with Gasteiger partial charge in [-0.25, -0.2) is 10.4 Å². The van der Waals surface area contributed by atoms with Gasteiger partial charge in [0.2, 0.25) is 5.88 Å². The van der Waals surface area contributed by atoms with Crippen molar-refractivity contribution in [1.29, 1.82) is 5.26 Å². The lowest BCUT2D eigenvalue weighted by molar-refractivity contribution is -0.387. The Labute approximate surface area is 229 Å².